The highest BCUT2D eigenvalue weighted by Gasteiger charge is 2.15. The number of nitrogens with zero attached hydrogens (tertiary/aromatic N) is 2. The Morgan fingerprint density at radius 3 is 2.84 bits per heavy atom. The van der Waals surface area contributed by atoms with Gasteiger partial charge in [0.1, 0.15) is 0 Å². The molecule has 1 N–H and O–H groups in total. The van der Waals surface area contributed by atoms with Crippen LogP contribution < -0.4 is 0 Å². The van der Waals surface area contributed by atoms with E-state index in [1.807, 2.05) is 13.0 Å². The minimum absolute atomic E-state index is 0.0503. The summed E-state index contributed by atoms with van der Waals surface area (Å²) < 4.78 is 28.9. The van der Waals surface area contributed by atoms with Gasteiger partial charge in [-0.1, -0.05) is 6.07 Å². The first-order chi connectivity index (χ1) is 9.09. The summed E-state index contributed by atoms with van der Waals surface area (Å²) in [5.74, 6) is -1.86. The molecule has 0 spiro atoms. The fourth-order valence-electron chi connectivity index (χ4n) is 2.02. The van der Waals surface area contributed by atoms with Crippen LogP contribution in [-0.2, 0) is 0 Å². The molecule has 0 amide bonds. The van der Waals surface area contributed by atoms with Crippen LogP contribution in [0.5, 0.6) is 0 Å². The lowest BCUT2D eigenvalue weighted by Gasteiger charge is -2.05. The fourth-order valence-corrected chi connectivity index (χ4v) is 2.30. The zero-order chi connectivity index (χ0) is 13.6. The Hall–Kier alpha value is -2.08. The van der Waals surface area contributed by atoms with Gasteiger partial charge in [-0.25, -0.2) is 13.8 Å². The molecular formula is C13H9F2N3S. The van der Waals surface area contributed by atoms with Crippen molar-refractivity contribution >= 4 is 23.4 Å². The van der Waals surface area contributed by atoms with Crippen molar-refractivity contribution in [3.63, 3.8) is 0 Å². The highest BCUT2D eigenvalue weighted by molar-refractivity contribution is 7.71. The number of benzene rings is 1. The highest BCUT2D eigenvalue weighted by Crippen LogP contribution is 2.23. The summed E-state index contributed by atoms with van der Waals surface area (Å²) in [7, 11) is 0. The van der Waals surface area contributed by atoms with E-state index in [0.29, 0.717) is 5.65 Å². The lowest BCUT2D eigenvalue weighted by atomic mass is 10.2. The first-order valence-corrected chi connectivity index (χ1v) is 6.01. The zero-order valence-corrected chi connectivity index (χ0v) is 10.8. The smallest absolute Gasteiger partial charge is 0.184 e. The van der Waals surface area contributed by atoms with Crippen LogP contribution in [0, 0.1) is 23.3 Å². The molecule has 0 unspecified atom stereocenters. The summed E-state index contributed by atoms with van der Waals surface area (Å²) in [4.78, 5) is 7.15. The van der Waals surface area contributed by atoms with Gasteiger partial charge in [0.15, 0.2) is 22.1 Å². The summed E-state index contributed by atoms with van der Waals surface area (Å²) >= 11 is 5.18. The van der Waals surface area contributed by atoms with Crippen LogP contribution in [0.1, 0.15) is 5.56 Å². The number of nitrogens with one attached hydrogen (secondary N) is 1. The average Bonchev–Trinajstić information content (AvgIpc) is 2.71. The molecule has 0 saturated carbocycles. The molecule has 0 aliphatic carbocycles. The molecule has 0 radical (unpaired) electrons. The second-order valence-corrected chi connectivity index (χ2v) is 4.55. The lowest BCUT2D eigenvalue weighted by molar-refractivity contribution is 0.504. The molecule has 2 aromatic heterocycles. The number of aromatic nitrogens is 3. The molecule has 0 bridgehead atoms. The zero-order valence-electron chi connectivity index (χ0n) is 9.95. The predicted molar refractivity (Wildman–Crippen MR) is 70.9 cm³/mol. The maximum Gasteiger partial charge on any atom is 0.184 e. The molecule has 3 rings (SSSR count). The number of hydrogen-bond donors (Lipinski definition) is 1. The van der Waals surface area contributed by atoms with E-state index >= 15 is 0 Å². The van der Waals surface area contributed by atoms with Gasteiger partial charge in [0.2, 0.25) is 0 Å². The van der Waals surface area contributed by atoms with Crippen molar-refractivity contribution in [1.29, 1.82) is 0 Å². The third-order valence-corrected chi connectivity index (χ3v) is 3.24. The van der Waals surface area contributed by atoms with Gasteiger partial charge in [-0.3, -0.25) is 4.57 Å². The SMILES string of the molecule is Cc1ccnc2c1[nH]c(=S)n2-c1cccc(F)c1F. The van der Waals surface area contributed by atoms with Crippen molar-refractivity contribution in [3.05, 3.63) is 52.4 Å². The highest BCUT2D eigenvalue weighted by atomic mass is 32.1. The minimum Gasteiger partial charge on any atom is -0.329 e. The molecule has 1 aromatic carbocycles. The molecular weight excluding hydrogens is 268 g/mol. The Morgan fingerprint density at radius 2 is 2.05 bits per heavy atom. The van der Waals surface area contributed by atoms with Gasteiger partial charge < -0.3 is 4.98 Å². The van der Waals surface area contributed by atoms with Crippen LogP contribution >= 0.6 is 12.2 Å². The average molecular weight is 277 g/mol. The molecule has 3 nitrogen and oxygen atoms in total. The van der Waals surface area contributed by atoms with E-state index in [1.54, 1.807) is 6.20 Å². The van der Waals surface area contributed by atoms with Crippen molar-refractivity contribution in [2.45, 2.75) is 6.92 Å². The van der Waals surface area contributed by atoms with Crippen LogP contribution in [0.4, 0.5) is 8.78 Å². The number of aromatic amines is 1. The third-order valence-electron chi connectivity index (χ3n) is 2.96. The van der Waals surface area contributed by atoms with Gasteiger partial charge in [0.05, 0.1) is 11.2 Å². The second-order valence-electron chi connectivity index (χ2n) is 4.16. The van der Waals surface area contributed by atoms with E-state index in [2.05, 4.69) is 9.97 Å². The summed E-state index contributed by atoms with van der Waals surface area (Å²) in [6.45, 7) is 1.89. The predicted octanol–water partition coefficient (Wildman–Crippen LogP) is 3.67. The number of halogens is 2. The molecule has 2 heterocycles. The van der Waals surface area contributed by atoms with Gasteiger partial charge in [0, 0.05) is 6.20 Å². The number of rotatable bonds is 1. The normalized spacial score (nSPS) is 11.1. The van der Waals surface area contributed by atoms with Crippen LogP contribution in [0.3, 0.4) is 0 Å². The molecule has 3 aromatic rings. The minimum atomic E-state index is -0.942. The van der Waals surface area contributed by atoms with Crippen LogP contribution in [-0.4, -0.2) is 14.5 Å². The molecule has 96 valence electrons. The number of imidazole rings is 1. The first-order valence-electron chi connectivity index (χ1n) is 5.60. The summed E-state index contributed by atoms with van der Waals surface area (Å²) in [6, 6.07) is 5.78. The van der Waals surface area contributed by atoms with Crippen molar-refractivity contribution in [2.75, 3.05) is 0 Å². The van der Waals surface area contributed by atoms with Gasteiger partial charge in [-0.15, -0.1) is 0 Å². The van der Waals surface area contributed by atoms with Crippen molar-refractivity contribution in [3.8, 4) is 5.69 Å². The van der Waals surface area contributed by atoms with Gasteiger partial charge in [0.25, 0.3) is 0 Å². The van der Waals surface area contributed by atoms with E-state index < -0.39 is 11.6 Å². The van der Waals surface area contributed by atoms with E-state index in [0.717, 1.165) is 17.1 Å². The number of hydrogen-bond acceptors (Lipinski definition) is 2. The molecule has 19 heavy (non-hydrogen) atoms. The lowest BCUT2D eigenvalue weighted by Crippen LogP contribution is -2.01. The Bertz CT molecular complexity index is 836. The van der Waals surface area contributed by atoms with E-state index in [9.17, 15) is 8.78 Å². The van der Waals surface area contributed by atoms with Gasteiger partial charge >= 0.3 is 0 Å². The maximum absolute atomic E-state index is 13.9. The quantitative estimate of drug-likeness (QED) is 0.688. The number of aryl methyl sites for hydroxylation is 1. The monoisotopic (exact) mass is 277 g/mol. The number of fused-ring (bicyclic) bond motifs is 1. The first kappa shape index (κ1) is 12.0. The Balaban J connectivity index is 2.44. The largest absolute Gasteiger partial charge is 0.329 e. The van der Waals surface area contributed by atoms with Crippen molar-refractivity contribution in [1.82, 2.24) is 14.5 Å². The second kappa shape index (κ2) is 4.24. The third kappa shape index (κ3) is 1.76. The Morgan fingerprint density at radius 1 is 1.26 bits per heavy atom. The summed E-state index contributed by atoms with van der Waals surface area (Å²) in [5, 5.41) is 0. The number of pyridine rings is 1. The molecule has 0 saturated heterocycles. The van der Waals surface area contributed by atoms with Crippen molar-refractivity contribution in [2.24, 2.45) is 0 Å². The van der Waals surface area contributed by atoms with Gasteiger partial charge in [-0.05, 0) is 42.9 Å². The maximum atomic E-state index is 13.9. The van der Waals surface area contributed by atoms with E-state index in [-0.39, 0.29) is 10.5 Å². The van der Waals surface area contributed by atoms with Crippen LogP contribution in [0.25, 0.3) is 16.9 Å². The molecule has 6 heteroatoms. The van der Waals surface area contributed by atoms with Gasteiger partial charge in [-0.2, -0.15) is 0 Å². The van der Waals surface area contributed by atoms with Crippen LogP contribution in [0.2, 0.25) is 0 Å². The summed E-state index contributed by atoms with van der Waals surface area (Å²) in [6.07, 6.45) is 1.61. The van der Waals surface area contributed by atoms with Crippen LogP contribution in [0.15, 0.2) is 30.5 Å². The van der Waals surface area contributed by atoms with E-state index in [4.69, 9.17) is 12.2 Å². The molecule has 0 fully saturated rings. The Labute approximate surface area is 112 Å². The molecule has 0 atom stereocenters. The molecule has 0 aliphatic rings. The number of H-pyrrole nitrogens is 1. The fraction of sp³-hybridized carbons (Fsp3) is 0.0769. The summed E-state index contributed by atoms with van der Waals surface area (Å²) in [5.41, 5.74) is 2.19. The Kier molecular flexibility index (Phi) is 2.67. The molecule has 0 aliphatic heterocycles. The topological polar surface area (TPSA) is 33.6 Å². The van der Waals surface area contributed by atoms with Crippen molar-refractivity contribution < 1.29 is 8.78 Å². The standard InChI is InChI=1S/C13H9F2N3S/c1-7-5-6-16-12-11(7)17-13(19)18(12)9-4-2-3-8(14)10(9)15/h2-6H,1H3,(H,17,19). The van der Waals surface area contributed by atoms with E-state index in [1.165, 1.54) is 16.7 Å².